The molecule has 0 bridgehead atoms. The van der Waals surface area contributed by atoms with Gasteiger partial charge in [0.1, 0.15) is 35.7 Å². The summed E-state index contributed by atoms with van der Waals surface area (Å²) in [7, 11) is -4.21. The number of rotatable bonds is 2. The normalized spacial score (nSPS) is 23.9. The highest BCUT2D eigenvalue weighted by Crippen LogP contribution is 2.50. The molecule has 1 spiro atoms. The van der Waals surface area contributed by atoms with E-state index in [9.17, 15) is 31.8 Å². The Morgan fingerprint density at radius 1 is 1.13 bits per heavy atom. The minimum atomic E-state index is -4.21. The van der Waals surface area contributed by atoms with Crippen LogP contribution in [0.15, 0.2) is 24.3 Å². The number of aliphatic hydroxyl groups excluding tert-OH is 2. The van der Waals surface area contributed by atoms with Crippen molar-refractivity contribution in [1.82, 2.24) is 0 Å². The van der Waals surface area contributed by atoms with Gasteiger partial charge in [0, 0.05) is 9.64 Å². The van der Waals surface area contributed by atoms with Crippen molar-refractivity contribution in [2.75, 3.05) is 16.6 Å². The molecule has 2 aromatic rings. The van der Waals surface area contributed by atoms with Gasteiger partial charge in [0.2, 0.25) is 10.0 Å². The smallest absolute Gasteiger partial charge is 0.238 e. The number of benzene rings is 2. The minimum absolute atomic E-state index is 0.208. The summed E-state index contributed by atoms with van der Waals surface area (Å²) in [6, 6.07) is 4.62. The quantitative estimate of drug-likeness (QED) is 0.414. The molecule has 7 nitrogen and oxygen atoms in total. The Labute approximate surface area is 189 Å². The lowest BCUT2D eigenvalue weighted by atomic mass is 10.1. The molecule has 1 aliphatic heterocycles. The van der Waals surface area contributed by atoms with Crippen LogP contribution < -0.4 is 14.8 Å². The maximum Gasteiger partial charge on any atom is 0.238 e. The second kappa shape index (κ2) is 7.98. The summed E-state index contributed by atoms with van der Waals surface area (Å²) in [6.45, 7) is -0.492. The highest BCUT2D eigenvalue weighted by Gasteiger charge is 2.56. The fourth-order valence-electron chi connectivity index (χ4n) is 3.43. The molecular formula is C19H18F3IN2O5S. The second-order valence-electron chi connectivity index (χ2n) is 7.61. The molecule has 4 N–H and O–H groups in total. The molecule has 0 saturated heterocycles. The lowest BCUT2D eigenvalue weighted by molar-refractivity contribution is -0.0129. The van der Waals surface area contributed by atoms with Crippen molar-refractivity contribution in [3.8, 4) is 5.75 Å². The molecule has 1 saturated carbocycles. The molecule has 0 amide bonds. The number of aliphatic hydroxyl groups is 2. The Kier molecular flexibility index (Phi) is 5.77. The first kappa shape index (κ1) is 22.4. The Morgan fingerprint density at radius 2 is 1.84 bits per heavy atom. The van der Waals surface area contributed by atoms with Crippen LogP contribution in [0.5, 0.6) is 5.75 Å². The van der Waals surface area contributed by atoms with E-state index in [4.69, 9.17) is 4.74 Å². The number of halogens is 4. The van der Waals surface area contributed by atoms with E-state index in [0.717, 1.165) is 6.07 Å². The SMILES string of the molecule is O=S1(=O)Nc2c(cc(F)c(F)c2Nc2ccc(I)cc2F)OC[C@H](O)[C@@H](O)CC12CC2. The summed E-state index contributed by atoms with van der Waals surface area (Å²) in [5, 5.41) is 22.7. The predicted molar refractivity (Wildman–Crippen MR) is 115 cm³/mol. The number of hydrogen-bond donors (Lipinski definition) is 4. The van der Waals surface area contributed by atoms with Crippen molar-refractivity contribution < 1.29 is 36.5 Å². The zero-order chi connectivity index (χ0) is 22.6. The van der Waals surface area contributed by atoms with Crippen LogP contribution in [0.2, 0.25) is 0 Å². The number of sulfonamides is 1. The topological polar surface area (TPSA) is 108 Å². The predicted octanol–water partition coefficient (Wildman–Crippen LogP) is 3.23. The van der Waals surface area contributed by atoms with Crippen LogP contribution in [0.3, 0.4) is 0 Å². The molecule has 2 atom stereocenters. The number of nitrogens with one attached hydrogen (secondary N) is 2. The number of ether oxygens (including phenoxy) is 1. The molecule has 168 valence electrons. The van der Waals surface area contributed by atoms with Gasteiger partial charge in [-0.1, -0.05) is 0 Å². The number of hydrogen-bond acceptors (Lipinski definition) is 6. The summed E-state index contributed by atoms with van der Waals surface area (Å²) in [5.41, 5.74) is -1.32. The molecule has 1 fully saturated rings. The monoisotopic (exact) mass is 570 g/mol. The maximum absolute atomic E-state index is 14.8. The Hall–Kier alpha value is -1.77. The van der Waals surface area contributed by atoms with Crippen molar-refractivity contribution in [2.45, 2.75) is 36.2 Å². The summed E-state index contributed by atoms with van der Waals surface area (Å²) >= 11 is 1.88. The van der Waals surface area contributed by atoms with Gasteiger partial charge in [-0.05, 0) is 60.1 Å². The van der Waals surface area contributed by atoms with Crippen LogP contribution in [0, 0.1) is 21.0 Å². The van der Waals surface area contributed by atoms with E-state index in [1.807, 2.05) is 22.6 Å². The first-order chi connectivity index (χ1) is 14.5. The first-order valence-corrected chi connectivity index (χ1v) is 11.8. The third-order valence-electron chi connectivity index (χ3n) is 5.42. The Morgan fingerprint density at radius 3 is 2.48 bits per heavy atom. The highest BCUT2D eigenvalue weighted by atomic mass is 127. The molecule has 1 aliphatic carbocycles. The van der Waals surface area contributed by atoms with Gasteiger partial charge in [-0.2, -0.15) is 0 Å². The highest BCUT2D eigenvalue weighted by molar-refractivity contribution is 14.1. The largest absolute Gasteiger partial charge is 0.488 e. The van der Waals surface area contributed by atoms with Crippen molar-refractivity contribution in [3.05, 3.63) is 45.3 Å². The molecule has 1 heterocycles. The molecule has 0 unspecified atom stereocenters. The fraction of sp³-hybridized carbons (Fsp3) is 0.368. The fourth-order valence-corrected chi connectivity index (χ4v) is 5.60. The third-order valence-corrected chi connectivity index (χ3v) is 8.28. The summed E-state index contributed by atoms with van der Waals surface area (Å²) in [6.07, 6.45) is -2.64. The van der Waals surface area contributed by atoms with Crippen molar-refractivity contribution in [3.63, 3.8) is 0 Å². The average molecular weight is 570 g/mol. The average Bonchev–Trinajstić information content (AvgIpc) is 3.48. The van der Waals surface area contributed by atoms with E-state index in [-0.39, 0.29) is 24.9 Å². The maximum atomic E-state index is 14.8. The van der Waals surface area contributed by atoms with Crippen LogP contribution in [0.25, 0.3) is 0 Å². The van der Waals surface area contributed by atoms with Crippen LogP contribution in [0.4, 0.5) is 30.2 Å². The van der Waals surface area contributed by atoms with Crippen LogP contribution in [0.1, 0.15) is 19.3 Å². The molecule has 0 radical (unpaired) electrons. The van der Waals surface area contributed by atoms with Crippen molar-refractivity contribution in [2.24, 2.45) is 0 Å². The van der Waals surface area contributed by atoms with Crippen molar-refractivity contribution in [1.29, 1.82) is 0 Å². The first-order valence-electron chi connectivity index (χ1n) is 9.28. The standard InChI is InChI=1S/C19H18F3IN2O5S/c20-10-5-9(23)1-2-12(10)24-18-16(22)11(21)6-15-17(18)25-31(28,29)19(3-4-19)7-13(26)14(27)8-30-15/h1-2,5-6,13-14,24-27H,3-4,7-8H2/t13-,14-/m0/s1. The molecular weight excluding hydrogens is 552 g/mol. The Bertz CT molecular complexity index is 1140. The summed E-state index contributed by atoms with van der Waals surface area (Å²) in [4.78, 5) is 0. The number of fused-ring (bicyclic) bond motifs is 1. The van der Waals surface area contributed by atoms with Gasteiger partial charge >= 0.3 is 0 Å². The van der Waals surface area contributed by atoms with Crippen LogP contribution in [-0.4, -0.2) is 42.2 Å². The van der Waals surface area contributed by atoms with E-state index in [2.05, 4.69) is 10.0 Å². The number of anilines is 3. The van der Waals surface area contributed by atoms with E-state index < -0.39 is 68.2 Å². The van der Waals surface area contributed by atoms with Crippen molar-refractivity contribution >= 4 is 49.7 Å². The molecule has 31 heavy (non-hydrogen) atoms. The zero-order valence-electron chi connectivity index (χ0n) is 15.8. The van der Waals surface area contributed by atoms with E-state index in [1.54, 1.807) is 0 Å². The van der Waals surface area contributed by atoms with Gasteiger partial charge < -0.3 is 20.3 Å². The van der Waals surface area contributed by atoms with Gasteiger partial charge in [0.25, 0.3) is 0 Å². The summed E-state index contributed by atoms with van der Waals surface area (Å²) in [5.74, 6) is -3.99. The van der Waals surface area contributed by atoms with Crippen LogP contribution in [-0.2, 0) is 10.0 Å². The minimum Gasteiger partial charge on any atom is -0.488 e. The van der Waals surface area contributed by atoms with Gasteiger partial charge in [0.15, 0.2) is 11.6 Å². The van der Waals surface area contributed by atoms with Gasteiger partial charge in [-0.3, -0.25) is 4.72 Å². The van der Waals surface area contributed by atoms with Gasteiger partial charge in [-0.25, -0.2) is 21.6 Å². The molecule has 2 aliphatic rings. The third kappa shape index (κ3) is 4.17. The van der Waals surface area contributed by atoms with Gasteiger partial charge in [0.05, 0.1) is 16.5 Å². The molecule has 2 aromatic carbocycles. The summed E-state index contributed by atoms with van der Waals surface area (Å²) < 4.78 is 76.3. The lowest BCUT2D eigenvalue weighted by Gasteiger charge is -2.28. The second-order valence-corrected chi connectivity index (χ2v) is 10.9. The van der Waals surface area contributed by atoms with Crippen LogP contribution >= 0.6 is 22.6 Å². The van der Waals surface area contributed by atoms with E-state index in [0.29, 0.717) is 9.64 Å². The molecule has 4 rings (SSSR count). The van der Waals surface area contributed by atoms with E-state index in [1.165, 1.54) is 12.1 Å². The molecule has 0 aromatic heterocycles. The molecule has 12 heteroatoms. The lowest BCUT2D eigenvalue weighted by Crippen LogP contribution is -2.41. The van der Waals surface area contributed by atoms with Gasteiger partial charge in [-0.15, -0.1) is 0 Å². The van der Waals surface area contributed by atoms with E-state index >= 15 is 0 Å². The Balaban J connectivity index is 1.86. The zero-order valence-corrected chi connectivity index (χ0v) is 18.8.